The van der Waals surface area contributed by atoms with Crippen molar-refractivity contribution in [2.24, 2.45) is 0 Å². The smallest absolute Gasteiger partial charge is 0.661 e. The van der Waals surface area contributed by atoms with Gasteiger partial charge in [-0.25, -0.2) is 0 Å². The van der Waals surface area contributed by atoms with E-state index in [9.17, 15) is 4.79 Å². The average Bonchev–Trinajstić information content (AvgIpc) is 3.64. The monoisotopic (exact) mass is 622 g/mol. The molecule has 2 aromatic rings. The van der Waals surface area contributed by atoms with Gasteiger partial charge in [-0.3, -0.25) is 9.59 Å². The second-order valence-electron chi connectivity index (χ2n) is 11.9. The van der Waals surface area contributed by atoms with Crippen LogP contribution in [0.5, 0.6) is 0 Å². The largest absolute Gasteiger partial charge is 4.00 e. The second-order valence-corrected chi connectivity index (χ2v) is 11.9. The molecule has 0 radical (unpaired) electrons. The van der Waals surface area contributed by atoms with E-state index in [4.69, 9.17) is 42.0 Å². The number of fused-ring (bicyclic) bond motifs is 2. The Morgan fingerprint density at radius 3 is 2.28 bits per heavy atom. The summed E-state index contributed by atoms with van der Waals surface area (Å²) >= 11 is 0. The fourth-order valence-corrected chi connectivity index (χ4v) is 7.57. The van der Waals surface area contributed by atoms with Crippen LogP contribution in [0.2, 0.25) is 0 Å². The molecule has 2 aliphatic carbocycles. The van der Waals surface area contributed by atoms with E-state index < -0.39 is 5.97 Å². The summed E-state index contributed by atoms with van der Waals surface area (Å²) in [5.41, 5.74) is 10.8. The molecule has 6 rings (SSSR count). The van der Waals surface area contributed by atoms with Gasteiger partial charge in [0.1, 0.15) is 0 Å². The number of hydrogen-bond acceptors (Lipinski definition) is 2. The van der Waals surface area contributed by atoms with Crippen molar-refractivity contribution in [2.75, 3.05) is 0 Å². The predicted octanol–water partition coefficient (Wildman–Crippen LogP) is 3.93. The minimum absolute atomic E-state index is 0. The summed E-state index contributed by atoms with van der Waals surface area (Å²) in [4.78, 5) is 29.6. The second kappa shape index (κ2) is 11.3. The van der Waals surface area contributed by atoms with Crippen LogP contribution < -0.4 is 20.7 Å². The third kappa shape index (κ3) is 4.67. The van der Waals surface area contributed by atoms with E-state index in [2.05, 4.69) is 59.6 Å². The Balaban J connectivity index is 0.00000102. The molecule has 0 aromatic carbocycles. The number of terminal acetylenes is 1. The maximum Gasteiger partial charge on any atom is 4.00 e. The zero-order chi connectivity index (χ0) is 30.8. The van der Waals surface area contributed by atoms with Crippen LogP contribution in [0, 0.1) is 26.2 Å². The number of carboxylic acid groups (broad SMARTS) is 2. The Morgan fingerprint density at radius 1 is 1.07 bits per heavy atom. The van der Waals surface area contributed by atoms with Crippen molar-refractivity contribution in [3.05, 3.63) is 77.3 Å². The number of hydrogen-bond donors (Lipinski definition) is 2. The molecule has 2 N–H and O–H groups in total. The van der Waals surface area contributed by atoms with Crippen LogP contribution in [0.4, 0.5) is 0 Å². The molecule has 2 aliphatic heterocycles. The maximum atomic E-state index is 11.1. The Morgan fingerprint density at radius 2 is 1.74 bits per heavy atom. The summed E-state index contributed by atoms with van der Waals surface area (Å²) in [6.07, 6.45) is 13.6. The Bertz CT molecular complexity index is 1740. The third-order valence-corrected chi connectivity index (χ3v) is 10.2. The third-order valence-electron chi connectivity index (χ3n) is 10.2. The van der Waals surface area contributed by atoms with Crippen molar-refractivity contribution in [3.63, 3.8) is 0 Å². The standard InChI is InChI=1S/C33H36N4O2.CH2O2.Fe/c1-9-21-18(5)27(16-33-20(7)24(12-13-29(38)39)31(33,8)37-33)35-26(21)14-25-17(4)22(10-2)28(34-25)15-32-19(6)23(11-3)30(32)36-32;2-1-3;/h2,14-15,30H,9,11-13,16H2,1,3-8H3,(H,38,39);1H,(H,2,3);/q-4;;+4/b25-14-,28-15-;;. The summed E-state index contributed by atoms with van der Waals surface area (Å²) in [7, 11) is 0. The molecular formula is C34H38FeN4O4. The van der Waals surface area contributed by atoms with Gasteiger partial charge in [-0.05, 0) is 47.0 Å². The van der Waals surface area contributed by atoms with Gasteiger partial charge in [0.25, 0.3) is 6.47 Å². The average molecular weight is 623 g/mol. The zero-order valence-electron chi connectivity index (χ0n) is 25.8. The first-order valence-electron chi connectivity index (χ1n) is 14.6. The summed E-state index contributed by atoms with van der Waals surface area (Å²) in [5, 5.41) is 27.6. The molecule has 4 atom stereocenters. The van der Waals surface area contributed by atoms with Crippen LogP contribution in [0.15, 0.2) is 22.3 Å². The van der Waals surface area contributed by atoms with Crippen LogP contribution >= 0.6 is 0 Å². The van der Waals surface area contributed by atoms with E-state index in [0.29, 0.717) is 12.5 Å². The van der Waals surface area contributed by atoms with Gasteiger partial charge in [0, 0.05) is 12.0 Å². The number of carboxylic acids is 1. The molecular weight excluding hydrogens is 584 g/mol. The molecule has 9 heteroatoms. The van der Waals surface area contributed by atoms with Gasteiger partial charge in [0.15, 0.2) is 0 Å². The Hall–Kier alpha value is -3.28. The van der Waals surface area contributed by atoms with Crippen LogP contribution in [0.3, 0.4) is 0 Å². The fraction of sp³-hybridized carbons (Fsp3) is 0.471. The quantitative estimate of drug-likeness (QED) is 0.143. The van der Waals surface area contributed by atoms with Crippen molar-refractivity contribution in [1.82, 2.24) is 9.97 Å². The van der Waals surface area contributed by atoms with Gasteiger partial charge in [0.2, 0.25) is 0 Å². The molecule has 43 heavy (non-hydrogen) atoms. The topological polar surface area (TPSA) is 131 Å². The van der Waals surface area contributed by atoms with Crippen molar-refractivity contribution in [2.45, 2.75) is 103 Å². The normalized spacial score (nSPS) is 28.5. The van der Waals surface area contributed by atoms with Gasteiger partial charge in [-0.1, -0.05) is 83.7 Å². The molecule has 0 amide bonds. The van der Waals surface area contributed by atoms with E-state index in [0.717, 1.165) is 52.5 Å². The number of carbonyl (C=O) groups is 2. The van der Waals surface area contributed by atoms with Crippen LogP contribution in [0.1, 0.15) is 87.5 Å². The van der Waals surface area contributed by atoms with Crippen molar-refractivity contribution in [1.29, 1.82) is 0 Å². The van der Waals surface area contributed by atoms with E-state index in [1.807, 2.05) is 6.92 Å². The van der Waals surface area contributed by atoms with E-state index in [1.165, 1.54) is 33.4 Å². The molecule has 2 saturated heterocycles. The minimum atomic E-state index is -0.764. The molecule has 0 saturated carbocycles. The molecule has 8 nitrogen and oxygen atoms in total. The Labute approximate surface area is 263 Å². The molecule has 0 bridgehead atoms. The van der Waals surface area contributed by atoms with Crippen molar-refractivity contribution in [3.8, 4) is 12.3 Å². The van der Waals surface area contributed by atoms with Crippen molar-refractivity contribution >= 4 is 24.6 Å². The first kappa shape index (κ1) is 32.6. The number of aliphatic carboxylic acids is 1. The van der Waals surface area contributed by atoms with Gasteiger partial charge in [0.05, 0.1) is 0 Å². The molecule has 0 spiro atoms. The Kier molecular flexibility index (Phi) is 8.60. The first-order chi connectivity index (χ1) is 19.9. The van der Waals surface area contributed by atoms with E-state index in [-0.39, 0.29) is 46.6 Å². The van der Waals surface area contributed by atoms with Crippen molar-refractivity contribution < 1.29 is 36.9 Å². The van der Waals surface area contributed by atoms with E-state index >= 15 is 0 Å². The first-order valence-corrected chi connectivity index (χ1v) is 14.6. The fourth-order valence-electron chi connectivity index (χ4n) is 7.57. The van der Waals surface area contributed by atoms with Gasteiger partial charge >= 0.3 is 23.0 Å². The van der Waals surface area contributed by atoms with Crippen LogP contribution in [-0.2, 0) is 39.5 Å². The summed E-state index contributed by atoms with van der Waals surface area (Å²) in [6, 6.07) is 0.303. The summed E-state index contributed by atoms with van der Waals surface area (Å²) in [5.74, 6) is 2.12. The van der Waals surface area contributed by atoms with Gasteiger partial charge in [-0.15, -0.1) is 46.0 Å². The molecule has 2 aromatic heterocycles. The zero-order valence-corrected chi connectivity index (χ0v) is 26.9. The number of rotatable bonds is 9. The molecule has 4 aliphatic rings. The van der Waals surface area contributed by atoms with Gasteiger partial charge < -0.3 is 30.8 Å². The molecule has 226 valence electrons. The van der Waals surface area contributed by atoms with Gasteiger partial charge in [-0.2, -0.15) is 5.69 Å². The summed E-state index contributed by atoms with van der Waals surface area (Å²) < 4.78 is 0. The molecule has 4 unspecified atom stereocenters. The SMILES string of the molecule is C#Cc1c(C)/c(=C/c2[n-]c(CC34[N-]C3(C)C(CCC(=O)O)=C4C)c(C)c2CC)[n-]/c1=C\C12[N-]C1C(CC)=C2C.O=CO.[Fe+4]. The minimum Gasteiger partial charge on any atom is -0.661 e. The van der Waals surface area contributed by atoms with Crippen LogP contribution in [-0.4, -0.2) is 45.3 Å². The molecule has 2 fully saturated rings. The molecule has 4 heterocycles. The van der Waals surface area contributed by atoms with E-state index in [1.54, 1.807) is 0 Å². The van der Waals surface area contributed by atoms with Crippen LogP contribution in [0.25, 0.3) is 22.8 Å². The maximum absolute atomic E-state index is 11.1. The number of nitrogens with zero attached hydrogens (tertiary/aromatic N) is 4. The number of aromatic nitrogens is 2. The predicted molar refractivity (Wildman–Crippen MR) is 163 cm³/mol. The summed E-state index contributed by atoms with van der Waals surface area (Å²) in [6.45, 7) is 14.7.